The number of rotatable bonds is 4. The van der Waals surface area contributed by atoms with E-state index in [-0.39, 0.29) is 12.1 Å². The van der Waals surface area contributed by atoms with Gasteiger partial charge in [0.05, 0.1) is 12.1 Å². The molecule has 0 amide bonds. The predicted molar refractivity (Wildman–Crippen MR) is 69.5 cm³/mol. The van der Waals surface area contributed by atoms with E-state index in [0.717, 1.165) is 18.7 Å². The lowest BCUT2D eigenvalue weighted by molar-refractivity contribution is 0.191. The molecular weight excluding hydrogens is 242 g/mol. The number of aliphatic hydroxyl groups excluding tert-OH is 1. The molecule has 0 radical (unpaired) electrons. The van der Waals surface area contributed by atoms with Crippen LogP contribution in [-0.4, -0.2) is 27.9 Å². The summed E-state index contributed by atoms with van der Waals surface area (Å²) in [5, 5.41) is 16.6. The third-order valence-corrected chi connectivity index (χ3v) is 3.37. The van der Waals surface area contributed by atoms with E-state index in [9.17, 15) is 5.11 Å². The minimum atomic E-state index is -0.315. The van der Waals surface area contributed by atoms with Crippen LogP contribution in [0.5, 0.6) is 0 Å². The van der Waals surface area contributed by atoms with Crippen molar-refractivity contribution in [3.05, 3.63) is 47.6 Å². The Bertz CT molecular complexity index is 526. The van der Waals surface area contributed by atoms with Crippen molar-refractivity contribution in [1.29, 1.82) is 0 Å². The third-order valence-electron chi connectivity index (χ3n) is 3.37. The predicted octanol–water partition coefficient (Wildman–Crippen LogP) is 1.25. The maximum atomic E-state index is 9.47. The zero-order valence-corrected chi connectivity index (χ0v) is 10.6. The first kappa shape index (κ1) is 12.3. The highest BCUT2D eigenvalue weighted by Gasteiger charge is 2.27. The van der Waals surface area contributed by atoms with Gasteiger partial charge in [0.2, 0.25) is 5.89 Å². The molecule has 3 rings (SSSR count). The van der Waals surface area contributed by atoms with Gasteiger partial charge in [-0.3, -0.25) is 0 Å². The van der Waals surface area contributed by atoms with Crippen LogP contribution < -0.4 is 5.32 Å². The van der Waals surface area contributed by atoms with Gasteiger partial charge in [0, 0.05) is 13.0 Å². The number of aryl methyl sites for hydroxylation is 2. The fourth-order valence-corrected chi connectivity index (χ4v) is 2.32. The Morgan fingerprint density at radius 3 is 2.84 bits per heavy atom. The highest BCUT2D eigenvalue weighted by atomic mass is 16.5. The summed E-state index contributed by atoms with van der Waals surface area (Å²) in [5.74, 6) is 1.31. The summed E-state index contributed by atoms with van der Waals surface area (Å²) >= 11 is 0. The van der Waals surface area contributed by atoms with Crippen LogP contribution in [0.4, 0.5) is 0 Å². The first-order valence-corrected chi connectivity index (χ1v) is 6.59. The maximum absolute atomic E-state index is 9.47. The number of hydrogen-bond acceptors (Lipinski definition) is 5. The van der Waals surface area contributed by atoms with Gasteiger partial charge in [-0.15, -0.1) is 0 Å². The van der Waals surface area contributed by atoms with Crippen molar-refractivity contribution in [2.24, 2.45) is 0 Å². The summed E-state index contributed by atoms with van der Waals surface area (Å²) in [6.07, 6.45) is 1.99. The van der Waals surface area contributed by atoms with Gasteiger partial charge in [-0.1, -0.05) is 35.5 Å². The Hall–Kier alpha value is -1.72. The lowest BCUT2D eigenvalue weighted by Gasteiger charge is -2.01. The topological polar surface area (TPSA) is 71.2 Å². The highest BCUT2D eigenvalue weighted by Crippen LogP contribution is 2.21. The number of β-amino-alcohol motifs (C(OH)–C–C–N with tert-alkyl or cyclic N) is 1. The van der Waals surface area contributed by atoms with E-state index >= 15 is 0 Å². The molecule has 2 N–H and O–H groups in total. The van der Waals surface area contributed by atoms with Crippen LogP contribution in [-0.2, 0) is 12.8 Å². The minimum Gasteiger partial charge on any atom is -0.392 e. The molecule has 1 fully saturated rings. The Labute approximate surface area is 111 Å². The van der Waals surface area contributed by atoms with Crippen molar-refractivity contribution in [2.75, 3.05) is 6.54 Å². The van der Waals surface area contributed by atoms with Crippen molar-refractivity contribution in [1.82, 2.24) is 15.5 Å². The molecule has 2 heterocycles. The molecule has 1 saturated heterocycles. The minimum absolute atomic E-state index is 0.00650. The second-order valence-electron chi connectivity index (χ2n) is 4.88. The van der Waals surface area contributed by atoms with Crippen LogP contribution in [0.25, 0.3) is 0 Å². The summed E-state index contributed by atoms with van der Waals surface area (Å²) in [5.41, 5.74) is 1.27. The van der Waals surface area contributed by atoms with Gasteiger partial charge in [-0.25, -0.2) is 0 Å². The highest BCUT2D eigenvalue weighted by molar-refractivity contribution is 5.15. The second kappa shape index (κ2) is 5.50. The summed E-state index contributed by atoms with van der Waals surface area (Å²) in [6, 6.07) is 10.2. The fourth-order valence-electron chi connectivity index (χ4n) is 2.32. The van der Waals surface area contributed by atoms with Gasteiger partial charge in [0.25, 0.3) is 0 Å². The fraction of sp³-hybridized carbons (Fsp3) is 0.429. The lowest BCUT2D eigenvalue weighted by Crippen LogP contribution is -2.15. The average Bonchev–Trinajstić information content (AvgIpc) is 3.06. The number of nitrogens with zero attached hydrogens (tertiary/aromatic N) is 2. The molecule has 2 aromatic rings. The molecule has 1 aliphatic rings. The molecule has 1 aromatic heterocycles. The van der Waals surface area contributed by atoms with Crippen LogP contribution in [0, 0.1) is 0 Å². The van der Waals surface area contributed by atoms with E-state index in [0.29, 0.717) is 18.9 Å². The maximum Gasteiger partial charge on any atom is 0.243 e. The Balaban J connectivity index is 1.59. The Morgan fingerprint density at radius 2 is 2.11 bits per heavy atom. The summed E-state index contributed by atoms with van der Waals surface area (Å²) in [6.45, 7) is 0.590. The number of hydrogen-bond donors (Lipinski definition) is 2. The molecule has 0 spiro atoms. The van der Waals surface area contributed by atoms with Crippen molar-refractivity contribution < 1.29 is 9.63 Å². The zero-order valence-electron chi connectivity index (χ0n) is 10.6. The van der Waals surface area contributed by atoms with Gasteiger partial charge in [-0.05, 0) is 18.4 Å². The van der Waals surface area contributed by atoms with E-state index in [1.54, 1.807) is 0 Å². The van der Waals surface area contributed by atoms with Gasteiger partial charge in [-0.2, -0.15) is 4.98 Å². The SMILES string of the molecule is OC1CN[C@H](c2nc(CCc3ccccc3)no2)C1. The standard InChI is InChI=1S/C14H17N3O2/c18-11-8-12(15-9-11)14-16-13(17-19-14)7-6-10-4-2-1-3-5-10/h1-5,11-12,15,18H,6-9H2/t11?,12-/m0/s1. The lowest BCUT2D eigenvalue weighted by atomic mass is 10.1. The number of aliphatic hydroxyl groups is 1. The normalized spacial score (nSPS) is 22.8. The number of nitrogens with one attached hydrogen (secondary N) is 1. The molecule has 1 aromatic carbocycles. The zero-order chi connectivity index (χ0) is 13.1. The summed E-state index contributed by atoms with van der Waals surface area (Å²) < 4.78 is 5.25. The first-order valence-electron chi connectivity index (χ1n) is 6.59. The van der Waals surface area contributed by atoms with Crippen LogP contribution in [0.2, 0.25) is 0 Å². The molecule has 2 atom stereocenters. The molecule has 1 aliphatic heterocycles. The van der Waals surface area contributed by atoms with Gasteiger partial charge in [0.1, 0.15) is 0 Å². The van der Waals surface area contributed by atoms with Gasteiger partial charge >= 0.3 is 0 Å². The first-order chi connectivity index (χ1) is 9.31. The van der Waals surface area contributed by atoms with Gasteiger partial charge < -0.3 is 14.9 Å². The monoisotopic (exact) mass is 259 g/mol. The summed E-state index contributed by atoms with van der Waals surface area (Å²) in [7, 11) is 0. The van der Waals surface area contributed by atoms with E-state index in [1.165, 1.54) is 5.56 Å². The molecule has 19 heavy (non-hydrogen) atoms. The molecule has 0 bridgehead atoms. The Kier molecular flexibility index (Phi) is 3.57. The van der Waals surface area contributed by atoms with E-state index in [2.05, 4.69) is 27.6 Å². The van der Waals surface area contributed by atoms with Crippen molar-refractivity contribution in [3.63, 3.8) is 0 Å². The van der Waals surface area contributed by atoms with Crippen LogP contribution in [0.3, 0.4) is 0 Å². The van der Waals surface area contributed by atoms with Crippen molar-refractivity contribution in [2.45, 2.75) is 31.4 Å². The smallest absolute Gasteiger partial charge is 0.243 e. The number of aromatic nitrogens is 2. The molecule has 1 unspecified atom stereocenters. The number of benzene rings is 1. The van der Waals surface area contributed by atoms with E-state index in [4.69, 9.17) is 4.52 Å². The molecule has 5 heteroatoms. The van der Waals surface area contributed by atoms with Crippen LogP contribution in [0.1, 0.15) is 29.7 Å². The molecule has 100 valence electrons. The van der Waals surface area contributed by atoms with Crippen molar-refractivity contribution in [3.8, 4) is 0 Å². The van der Waals surface area contributed by atoms with E-state index < -0.39 is 0 Å². The third kappa shape index (κ3) is 3.00. The van der Waals surface area contributed by atoms with Crippen LogP contribution >= 0.6 is 0 Å². The largest absolute Gasteiger partial charge is 0.392 e. The van der Waals surface area contributed by atoms with Crippen LogP contribution in [0.15, 0.2) is 34.9 Å². The molecule has 5 nitrogen and oxygen atoms in total. The summed E-state index contributed by atoms with van der Waals surface area (Å²) in [4.78, 5) is 4.39. The molecular formula is C14H17N3O2. The molecule has 0 aliphatic carbocycles. The van der Waals surface area contributed by atoms with E-state index in [1.807, 2.05) is 18.2 Å². The molecule has 0 saturated carbocycles. The second-order valence-corrected chi connectivity index (χ2v) is 4.88. The van der Waals surface area contributed by atoms with Gasteiger partial charge in [0.15, 0.2) is 5.82 Å². The average molecular weight is 259 g/mol. The quantitative estimate of drug-likeness (QED) is 0.864. The van der Waals surface area contributed by atoms with Crippen molar-refractivity contribution >= 4 is 0 Å². The Morgan fingerprint density at radius 1 is 1.26 bits per heavy atom.